The molecule has 128 valence electrons. The lowest BCUT2D eigenvalue weighted by Crippen LogP contribution is -2.10. The molecule has 0 fully saturated rings. The van der Waals surface area contributed by atoms with Gasteiger partial charge in [0.25, 0.3) is 0 Å². The zero-order chi connectivity index (χ0) is 17.4. The first-order chi connectivity index (χ1) is 11.6. The van der Waals surface area contributed by atoms with Crippen molar-refractivity contribution in [1.82, 2.24) is 0 Å². The summed E-state index contributed by atoms with van der Waals surface area (Å²) in [6.45, 7) is 0.597. The average molecular weight is 364 g/mol. The maximum atomic E-state index is 13.0. The van der Waals surface area contributed by atoms with Gasteiger partial charge in [-0.1, -0.05) is 60.7 Å². The van der Waals surface area contributed by atoms with Gasteiger partial charge in [-0.3, -0.25) is 4.79 Å². The van der Waals surface area contributed by atoms with Crippen LogP contribution in [0.4, 0.5) is 0 Å². The molecule has 0 spiro atoms. The lowest BCUT2D eigenvalue weighted by molar-refractivity contribution is 0.0989. The Balaban J connectivity index is 2.37. The molecule has 1 atom stereocenters. The van der Waals surface area contributed by atoms with Crippen molar-refractivity contribution in [1.29, 1.82) is 0 Å². The normalized spacial score (nSPS) is 12.8. The fourth-order valence-electron chi connectivity index (χ4n) is 2.19. The second-order valence-electron chi connectivity index (χ2n) is 4.91. The molecule has 0 aliphatic heterocycles. The molecule has 2 aromatic rings. The minimum atomic E-state index is -3.42. The Labute approximate surface area is 146 Å². The van der Waals surface area contributed by atoms with Crippen LogP contribution in [0, 0.1) is 0 Å². The molecule has 0 bridgehead atoms. The second kappa shape index (κ2) is 9.19. The van der Waals surface area contributed by atoms with Crippen LogP contribution in [-0.2, 0) is 13.6 Å². The maximum absolute atomic E-state index is 13.0. The number of hydrogen-bond donors (Lipinski definition) is 0. The third kappa shape index (κ3) is 5.05. The van der Waals surface area contributed by atoms with Gasteiger partial charge in [0.05, 0.1) is 13.2 Å². The number of hydrogen-bond acceptors (Lipinski definition) is 5. The van der Waals surface area contributed by atoms with Gasteiger partial charge in [-0.05, 0) is 30.8 Å². The fourth-order valence-corrected chi connectivity index (χ4v) is 6.21. The number of carbonyl (C=O) groups is 1. The molecule has 0 saturated heterocycles. The molecule has 6 heteroatoms. The minimum Gasteiger partial charge on any atom is -0.301 e. The monoisotopic (exact) mass is 364 g/mol. The van der Waals surface area contributed by atoms with Gasteiger partial charge in [-0.15, -0.1) is 0 Å². The summed E-state index contributed by atoms with van der Waals surface area (Å²) < 4.78 is 23.6. The van der Waals surface area contributed by atoms with E-state index in [1.165, 1.54) is 0 Å². The van der Waals surface area contributed by atoms with Crippen molar-refractivity contribution in [3.05, 3.63) is 71.8 Å². The fraction of sp³-hybridized carbons (Fsp3) is 0.278. The number of Topliss-reactive ketones (excluding diaryl/α,β-unsaturated/α-hetero) is 1. The number of benzene rings is 2. The summed E-state index contributed by atoms with van der Waals surface area (Å²) in [5, 5.41) is -0.655. The molecule has 0 radical (unpaired) electrons. The Morgan fingerprint density at radius 2 is 1.46 bits per heavy atom. The Morgan fingerprint density at radius 3 is 1.96 bits per heavy atom. The summed E-state index contributed by atoms with van der Waals surface area (Å²) >= 11 is 0.959. The van der Waals surface area contributed by atoms with Gasteiger partial charge in [0.1, 0.15) is 5.25 Å². The summed E-state index contributed by atoms with van der Waals surface area (Å²) in [6.07, 6.45) is 0. The molecule has 0 aliphatic carbocycles. The molecule has 0 amide bonds. The van der Waals surface area contributed by atoms with Gasteiger partial charge < -0.3 is 9.05 Å². The van der Waals surface area contributed by atoms with E-state index in [2.05, 4.69) is 0 Å². The molecule has 0 heterocycles. The van der Waals surface area contributed by atoms with E-state index >= 15 is 0 Å². The SMILES string of the molecule is CCOP(=O)(OCC)SC(C(=O)c1ccccc1)c1ccccc1. The van der Waals surface area contributed by atoms with Gasteiger partial charge in [-0.2, -0.15) is 0 Å². The smallest absolute Gasteiger partial charge is 0.301 e. The third-order valence-corrected chi connectivity index (χ3v) is 7.35. The molecule has 24 heavy (non-hydrogen) atoms. The van der Waals surface area contributed by atoms with E-state index in [4.69, 9.17) is 9.05 Å². The van der Waals surface area contributed by atoms with Gasteiger partial charge in [0.2, 0.25) is 0 Å². The van der Waals surface area contributed by atoms with Crippen molar-refractivity contribution in [3.8, 4) is 0 Å². The van der Waals surface area contributed by atoms with Crippen molar-refractivity contribution in [2.45, 2.75) is 19.1 Å². The standard InChI is InChI=1S/C18H21O4PS/c1-3-21-23(20,22-4-2)24-18(16-13-9-6-10-14-16)17(19)15-11-7-5-8-12-15/h5-14,18H,3-4H2,1-2H3. The van der Waals surface area contributed by atoms with Crippen LogP contribution in [0.25, 0.3) is 0 Å². The van der Waals surface area contributed by atoms with E-state index in [0.717, 1.165) is 16.9 Å². The molecule has 0 N–H and O–H groups in total. The van der Waals surface area contributed by atoms with E-state index in [0.29, 0.717) is 5.56 Å². The zero-order valence-electron chi connectivity index (χ0n) is 13.8. The third-order valence-electron chi connectivity index (χ3n) is 3.21. The maximum Gasteiger partial charge on any atom is 0.390 e. The summed E-state index contributed by atoms with van der Waals surface area (Å²) in [5.74, 6) is -0.119. The van der Waals surface area contributed by atoms with Crippen molar-refractivity contribution in [3.63, 3.8) is 0 Å². The van der Waals surface area contributed by atoms with Crippen molar-refractivity contribution >= 4 is 24.0 Å². The molecule has 0 saturated carbocycles. The van der Waals surface area contributed by atoms with Crippen LogP contribution in [0.5, 0.6) is 0 Å². The second-order valence-corrected chi connectivity index (χ2v) is 8.98. The van der Waals surface area contributed by atoms with Crippen LogP contribution in [0.1, 0.15) is 35.0 Å². The topological polar surface area (TPSA) is 52.6 Å². The largest absolute Gasteiger partial charge is 0.390 e. The molecular weight excluding hydrogens is 343 g/mol. The summed E-state index contributed by atoms with van der Waals surface area (Å²) in [4.78, 5) is 13.0. The van der Waals surface area contributed by atoms with Crippen molar-refractivity contribution in [2.75, 3.05) is 13.2 Å². The average Bonchev–Trinajstić information content (AvgIpc) is 2.61. The highest BCUT2D eigenvalue weighted by atomic mass is 32.7. The highest BCUT2D eigenvalue weighted by Gasteiger charge is 2.34. The van der Waals surface area contributed by atoms with E-state index in [-0.39, 0.29) is 19.0 Å². The Hall–Kier alpha value is -1.39. The highest BCUT2D eigenvalue weighted by Crippen LogP contribution is 2.65. The first-order valence-electron chi connectivity index (χ1n) is 7.81. The van der Waals surface area contributed by atoms with E-state index in [1.807, 2.05) is 48.5 Å². The molecule has 2 rings (SSSR count). The molecule has 2 aromatic carbocycles. The van der Waals surface area contributed by atoms with Gasteiger partial charge >= 0.3 is 6.80 Å². The number of rotatable bonds is 9. The van der Waals surface area contributed by atoms with Crippen molar-refractivity contribution in [2.24, 2.45) is 0 Å². The summed E-state index contributed by atoms with van der Waals surface area (Å²) in [6, 6.07) is 18.3. The number of carbonyl (C=O) groups excluding carboxylic acids is 1. The first-order valence-corrected chi connectivity index (χ1v) is 10.8. The van der Waals surface area contributed by atoms with Gasteiger partial charge in [0.15, 0.2) is 5.78 Å². The zero-order valence-corrected chi connectivity index (χ0v) is 15.5. The highest BCUT2D eigenvalue weighted by molar-refractivity contribution is 8.55. The van der Waals surface area contributed by atoms with Crippen LogP contribution >= 0.6 is 18.2 Å². The van der Waals surface area contributed by atoms with Crippen LogP contribution in [0.3, 0.4) is 0 Å². The number of ketones is 1. The quantitative estimate of drug-likeness (QED) is 0.433. The first kappa shape index (κ1) is 18.9. The van der Waals surface area contributed by atoms with E-state index in [1.54, 1.807) is 26.0 Å². The lowest BCUT2D eigenvalue weighted by Gasteiger charge is -2.22. The Morgan fingerprint density at radius 1 is 0.958 bits per heavy atom. The molecular formula is C18H21O4PS. The summed E-state index contributed by atoms with van der Waals surface area (Å²) in [7, 11) is 0. The van der Waals surface area contributed by atoms with Crippen LogP contribution in [0.2, 0.25) is 0 Å². The van der Waals surface area contributed by atoms with Crippen LogP contribution in [-0.4, -0.2) is 19.0 Å². The Kier molecular flexibility index (Phi) is 7.25. The van der Waals surface area contributed by atoms with E-state index < -0.39 is 12.0 Å². The predicted octanol–water partition coefficient (Wildman–Crippen LogP) is 5.52. The van der Waals surface area contributed by atoms with Crippen LogP contribution in [0.15, 0.2) is 60.7 Å². The minimum absolute atomic E-state index is 0.119. The Bertz CT molecular complexity index is 681. The molecule has 4 nitrogen and oxygen atoms in total. The van der Waals surface area contributed by atoms with Crippen LogP contribution < -0.4 is 0 Å². The molecule has 1 unspecified atom stereocenters. The van der Waals surface area contributed by atoms with Gasteiger partial charge in [-0.25, -0.2) is 4.57 Å². The van der Waals surface area contributed by atoms with Crippen molar-refractivity contribution < 1.29 is 18.4 Å². The molecule has 0 aliphatic rings. The van der Waals surface area contributed by atoms with E-state index in [9.17, 15) is 9.36 Å². The lowest BCUT2D eigenvalue weighted by atomic mass is 10.0. The van der Waals surface area contributed by atoms with Gasteiger partial charge in [0, 0.05) is 5.56 Å². The summed E-state index contributed by atoms with van der Waals surface area (Å²) in [5.41, 5.74) is 1.34. The molecule has 0 aromatic heterocycles. The predicted molar refractivity (Wildman–Crippen MR) is 98.4 cm³/mol.